The van der Waals surface area contributed by atoms with Crippen LogP contribution in [0.5, 0.6) is 0 Å². The highest BCUT2D eigenvalue weighted by Gasteiger charge is 2.28. The van der Waals surface area contributed by atoms with Crippen LogP contribution in [-0.4, -0.2) is 47.7 Å². The molecule has 0 aromatic carbocycles. The van der Waals surface area contributed by atoms with Crippen molar-refractivity contribution >= 4 is 5.91 Å². The Morgan fingerprint density at radius 2 is 2.19 bits per heavy atom. The molecule has 0 aromatic rings. The van der Waals surface area contributed by atoms with Crippen molar-refractivity contribution in [1.29, 1.82) is 0 Å². The average molecular weight is 226 g/mol. The number of hydrogen-bond acceptors (Lipinski definition) is 3. The Labute approximate surface area is 97.0 Å². The normalized spacial score (nSPS) is 25.9. The second-order valence-corrected chi connectivity index (χ2v) is 4.97. The third-order valence-corrected chi connectivity index (χ3v) is 3.48. The number of amides is 1. The second-order valence-electron chi connectivity index (χ2n) is 4.97. The van der Waals surface area contributed by atoms with Gasteiger partial charge in [0.1, 0.15) is 0 Å². The Balaban J connectivity index is 1.71. The van der Waals surface area contributed by atoms with E-state index in [0.29, 0.717) is 18.6 Å². The second kappa shape index (κ2) is 5.64. The minimum atomic E-state index is 0.179. The molecule has 92 valence electrons. The molecule has 2 fully saturated rings. The predicted molar refractivity (Wildman–Crippen MR) is 62.1 cm³/mol. The fourth-order valence-corrected chi connectivity index (χ4v) is 2.44. The van der Waals surface area contributed by atoms with Gasteiger partial charge in [0.25, 0.3) is 0 Å². The summed E-state index contributed by atoms with van der Waals surface area (Å²) >= 11 is 0. The molecule has 2 N–H and O–H groups in total. The lowest BCUT2D eigenvalue weighted by atomic mass is 10.1. The van der Waals surface area contributed by atoms with E-state index >= 15 is 0 Å². The molecule has 0 aromatic heterocycles. The third-order valence-electron chi connectivity index (χ3n) is 3.48. The van der Waals surface area contributed by atoms with E-state index < -0.39 is 0 Å². The van der Waals surface area contributed by atoms with Crippen LogP contribution in [0.4, 0.5) is 0 Å². The molecular weight excluding hydrogens is 204 g/mol. The van der Waals surface area contributed by atoms with Crippen LogP contribution < -0.4 is 5.32 Å². The minimum Gasteiger partial charge on any atom is -0.396 e. The SMILES string of the molecule is O=C(CN1CCCC1CCCO)NC1CC1. The Hall–Kier alpha value is -0.610. The number of rotatable bonds is 6. The summed E-state index contributed by atoms with van der Waals surface area (Å²) in [5.74, 6) is 0.179. The van der Waals surface area contributed by atoms with E-state index in [2.05, 4.69) is 10.2 Å². The molecule has 0 bridgehead atoms. The third kappa shape index (κ3) is 3.46. The summed E-state index contributed by atoms with van der Waals surface area (Å²) in [5.41, 5.74) is 0. The van der Waals surface area contributed by atoms with Crippen LogP contribution in [0.1, 0.15) is 38.5 Å². The predicted octanol–water partition coefficient (Wildman–Crippen LogP) is 0.502. The Morgan fingerprint density at radius 1 is 1.38 bits per heavy atom. The van der Waals surface area contributed by atoms with Crippen LogP contribution >= 0.6 is 0 Å². The first kappa shape index (κ1) is 11.9. The van der Waals surface area contributed by atoms with Crippen molar-refractivity contribution in [2.45, 2.75) is 50.6 Å². The summed E-state index contributed by atoms with van der Waals surface area (Å²) in [6.07, 6.45) is 6.54. The maximum Gasteiger partial charge on any atom is 0.234 e. The first-order chi connectivity index (χ1) is 7.79. The first-order valence-electron chi connectivity index (χ1n) is 6.44. The largest absolute Gasteiger partial charge is 0.396 e. The molecule has 1 atom stereocenters. The number of carbonyl (C=O) groups excluding carboxylic acids is 1. The Kier molecular flexibility index (Phi) is 4.18. The molecular formula is C12H22N2O2. The molecule has 1 saturated carbocycles. The molecule has 1 unspecified atom stereocenters. The van der Waals surface area contributed by atoms with E-state index in [1.54, 1.807) is 0 Å². The van der Waals surface area contributed by atoms with Crippen molar-refractivity contribution in [3.63, 3.8) is 0 Å². The number of aliphatic hydroxyl groups is 1. The van der Waals surface area contributed by atoms with E-state index in [1.165, 1.54) is 12.8 Å². The topological polar surface area (TPSA) is 52.6 Å². The van der Waals surface area contributed by atoms with E-state index in [1.807, 2.05) is 0 Å². The summed E-state index contributed by atoms with van der Waals surface area (Å²) in [6, 6.07) is 0.975. The molecule has 1 aliphatic heterocycles. The Bertz CT molecular complexity index is 241. The zero-order valence-electron chi connectivity index (χ0n) is 9.82. The van der Waals surface area contributed by atoms with Gasteiger partial charge >= 0.3 is 0 Å². The Morgan fingerprint density at radius 3 is 2.88 bits per heavy atom. The van der Waals surface area contributed by atoms with Gasteiger partial charge in [-0.3, -0.25) is 9.69 Å². The lowest BCUT2D eigenvalue weighted by Gasteiger charge is -2.23. The maximum atomic E-state index is 11.7. The number of likely N-dealkylation sites (tertiary alicyclic amines) is 1. The van der Waals surface area contributed by atoms with Crippen LogP contribution in [0.3, 0.4) is 0 Å². The van der Waals surface area contributed by atoms with Gasteiger partial charge in [0.2, 0.25) is 5.91 Å². The number of nitrogens with one attached hydrogen (secondary N) is 1. The molecule has 1 heterocycles. The maximum absolute atomic E-state index is 11.7. The van der Waals surface area contributed by atoms with Gasteiger partial charge in [-0.1, -0.05) is 0 Å². The van der Waals surface area contributed by atoms with Crippen LogP contribution in [0, 0.1) is 0 Å². The van der Waals surface area contributed by atoms with Gasteiger partial charge in [0.15, 0.2) is 0 Å². The molecule has 0 radical (unpaired) electrons. The standard InChI is InChI=1S/C12H22N2O2/c15-8-2-4-11-3-1-7-14(11)9-12(16)13-10-5-6-10/h10-11,15H,1-9H2,(H,13,16). The van der Waals surface area contributed by atoms with Crippen molar-refractivity contribution in [1.82, 2.24) is 10.2 Å². The van der Waals surface area contributed by atoms with Gasteiger partial charge < -0.3 is 10.4 Å². The fourth-order valence-electron chi connectivity index (χ4n) is 2.44. The highest BCUT2D eigenvalue weighted by Crippen LogP contribution is 2.22. The molecule has 4 heteroatoms. The quantitative estimate of drug-likeness (QED) is 0.693. The van der Waals surface area contributed by atoms with Gasteiger partial charge in [0, 0.05) is 18.7 Å². The van der Waals surface area contributed by atoms with Crippen molar-refractivity contribution in [3.05, 3.63) is 0 Å². The van der Waals surface area contributed by atoms with Crippen LogP contribution in [0.2, 0.25) is 0 Å². The van der Waals surface area contributed by atoms with Crippen molar-refractivity contribution in [3.8, 4) is 0 Å². The molecule has 1 aliphatic carbocycles. The van der Waals surface area contributed by atoms with Crippen LogP contribution in [0.25, 0.3) is 0 Å². The summed E-state index contributed by atoms with van der Waals surface area (Å²) in [4.78, 5) is 13.9. The van der Waals surface area contributed by atoms with E-state index in [9.17, 15) is 4.79 Å². The van der Waals surface area contributed by atoms with E-state index in [4.69, 9.17) is 5.11 Å². The summed E-state index contributed by atoms with van der Waals surface area (Å²) in [6.45, 7) is 1.85. The fraction of sp³-hybridized carbons (Fsp3) is 0.917. The van der Waals surface area contributed by atoms with Crippen molar-refractivity contribution in [2.75, 3.05) is 19.7 Å². The number of carbonyl (C=O) groups is 1. The summed E-state index contributed by atoms with van der Waals surface area (Å²) in [5, 5.41) is 11.9. The smallest absolute Gasteiger partial charge is 0.234 e. The van der Waals surface area contributed by atoms with E-state index in [0.717, 1.165) is 32.2 Å². The lowest BCUT2D eigenvalue weighted by Crippen LogP contribution is -2.40. The molecule has 1 saturated heterocycles. The minimum absolute atomic E-state index is 0.179. The molecule has 4 nitrogen and oxygen atoms in total. The van der Waals surface area contributed by atoms with Gasteiger partial charge in [-0.15, -0.1) is 0 Å². The monoisotopic (exact) mass is 226 g/mol. The highest BCUT2D eigenvalue weighted by atomic mass is 16.2. The number of nitrogens with zero attached hydrogens (tertiary/aromatic N) is 1. The molecule has 16 heavy (non-hydrogen) atoms. The molecule has 2 aliphatic rings. The summed E-state index contributed by atoms with van der Waals surface area (Å²) < 4.78 is 0. The molecule has 1 amide bonds. The highest BCUT2D eigenvalue weighted by molar-refractivity contribution is 5.78. The van der Waals surface area contributed by atoms with Crippen molar-refractivity contribution < 1.29 is 9.90 Å². The first-order valence-corrected chi connectivity index (χ1v) is 6.44. The van der Waals surface area contributed by atoms with E-state index in [-0.39, 0.29) is 12.5 Å². The number of hydrogen-bond donors (Lipinski definition) is 2. The number of aliphatic hydroxyl groups excluding tert-OH is 1. The zero-order chi connectivity index (χ0) is 11.4. The van der Waals surface area contributed by atoms with Gasteiger partial charge in [-0.2, -0.15) is 0 Å². The summed E-state index contributed by atoms with van der Waals surface area (Å²) in [7, 11) is 0. The average Bonchev–Trinajstić information content (AvgIpc) is 2.95. The molecule has 0 spiro atoms. The lowest BCUT2D eigenvalue weighted by molar-refractivity contribution is -0.122. The van der Waals surface area contributed by atoms with Gasteiger partial charge in [-0.25, -0.2) is 0 Å². The van der Waals surface area contributed by atoms with Crippen molar-refractivity contribution in [2.24, 2.45) is 0 Å². The van der Waals surface area contributed by atoms with Gasteiger partial charge in [-0.05, 0) is 45.1 Å². The van der Waals surface area contributed by atoms with Crippen LogP contribution in [-0.2, 0) is 4.79 Å². The zero-order valence-corrected chi connectivity index (χ0v) is 9.82. The molecule has 2 rings (SSSR count). The van der Waals surface area contributed by atoms with Gasteiger partial charge in [0.05, 0.1) is 6.54 Å². The van der Waals surface area contributed by atoms with Crippen LogP contribution in [0.15, 0.2) is 0 Å².